The number of carbonyl (C=O) groups is 2. The van der Waals surface area contributed by atoms with Crippen LogP contribution in [0, 0.1) is 0 Å². The number of halogens is 2. The van der Waals surface area contributed by atoms with Crippen LogP contribution in [-0.2, 0) is 20.7 Å². The number of anilines is 2. The summed E-state index contributed by atoms with van der Waals surface area (Å²) in [6.07, 6.45) is -0.411. The molecule has 0 fully saturated rings. The average Bonchev–Trinajstić information content (AvgIpc) is 2.64. The minimum absolute atomic E-state index is 0.0560. The van der Waals surface area contributed by atoms with Crippen molar-refractivity contribution in [1.82, 2.24) is 5.32 Å². The molecule has 0 aliphatic rings. The average molecular weight is 410 g/mol. The molecule has 2 aromatic carbocycles. The fraction of sp³-hybridized carbons (Fsp3) is 0.263. The smallest absolute Gasteiger partial charge is 0.310 e. The van der Waals surface area contributed by atoms with E-state index in [4.69, 9.17) is 33.7 Å². The van der Waals surface area contributed by atoms with Gasteiger partial charge in [0.05, 0.1) is 35.2 Å². The number of para-hydroxylation sites is 2. The van der Waals surface area contributed by atoms with Crippen LogP contribution in [0.2, 0.25) is 10.0 Å². The third-order valence-electron chi connectivity index (χ3n) is 3.68. The van der Waals surface area contributed by atoms with Crippen molar-refractivity contribution in [2.75, 3.05) is 18.4 Å². The highest BCUT2D eigenvalue weighted by Crippen LogP contribution is 2.33. The summed E-state index contributed by atoms with van der Waals surface area (Å²) in [6.45, 7) is 1.80. The van der Waals surface area contributed by atoms with Crippen LogP contribution in [0.3, 0.4) is 0 Å². The number of carbonyl (C=O) groups excluding carboxylic acids is 2. The van der Waals surface area contributed by atoms with E-state index >= 15 is 0 Å². The first-order valence-corrected chi connectivity index (χ1v) is 9.11. The van der Waals surface area contributed by atoms with Crippen molar-refractivity contribution >= 4 is 46.5 Å². The Hall–Kier alpha value is -2.28. The molecule has 0 bridgehead atoms. The van der Waals surface area contributed by atoms with Crippen molar-refractivity contribution in [3.8, 4) is 0 Å². The fourth-order valence-corrected chi connectivity index (χ4v) is 2.83. The van der Waals surface area contributed by atoms with Gasteiger partial charge in [0.25, 0.3) is 0 Å². The second kappa shape index (κ2) is 10.2. The Kier molecular flexibility index (Phi) is 7.91. The normalized spacial score (nSPS) is 11.6. The monoisotopic (exact) mass is 409 g/mol. The quantitative estimate of drug-likeness (QED) is 0.581. The number of nitrogens with one attached hydrogen (secondary N) is 2. The zero-order chi connectivity index (χ0) is 19.8. The Morgan fingerprint density at radius 1 is 1.11 bits per heavy atom. The van der Waals surface area contributed by atoms with Crippen LogP contribution in [0.4, 0.5) is 11.4 Å². The van der Waals surface area contributed by atoms with Crippen molar-refractivity contribution in [2.24, 2.45) is 5.73 Å². The maximum absolute atomic E-state index is 12.2. The summed E-state index contributed by atoms with van der Waals surface area (Å²) in [5.74, 6) is -0.715. The molecule has 6 nitrogen and oxygen atoms in total. The number of nitrogens with two attached hydrogens (primary N) is 1. The minimum atomic E-state index is -0.467. The van der Waals surface area contributed by atoms with Gasteiger partial charge >= 0.3 is 5.97 Å². The van der Waals surface area contributed by atoms with E-state index in [0.717, 1.165) is 5.56 Å². The highest BCUT2D eigenvalue weighted by atomic mass is 35.5. The highest BCUT2D eigenvalue weighted by Gasteiger charge is 2.14. The van der Waals surface area contributed by atoms with Crippen molar-refractivity contribution < 1.29 is 14.3 Å². The lowest BCUT2D eigenvalue weighted by atomic mass is 10.1. The van der Waals surface area contributed by atoms with Gasteiger partial charge in [0, 0.05) is 5.69 Å². The van der Waals surface area contributed by atoms with Gasteiger partial charge in [-0.1, -0.05) is 47.5 Å². The standard InChI is InChI=1S/C19H21Cl2N3O3/c1-12(11-23-17(25)10-22)27-18(26)9-13-5-2-3-8-16(13)24-19-14(20)6-4-7-15(19)21/h2-8,12,24H,9-11,22H2,1H3,(H,23,25). The molecule has 8 heteroatoms. The first-order valence-electron chi connectivity index (χ1n) is 8.36. The maximum atomic E-state index is 12.2. The molecule has 1 atom stereocenters. The molecule has 0 spiro atoms. The van der Waals surface area contributed by atoms with Crippen molar-refractivity contribution in [3.05, 3.63) is 58.1 Å². The SMILES string of the molecule is CC(CNC(=O)CN)OC(=O)Cc1ccccc1Nc1c(Cl)cccc1Cl. The first kappa shape index (κ1) is 21.0. The number of hydrogen-bond acceptors (Lipinski definition) is 5. The van der Waals surface area contributed by atoms with E-state index in [9.17, 15) is 9.59 Å². The van der Waals surface area contributed by atoms with Crippen LogP contribution in [0.5, 0.6) is 0 Å². The Morgan fingerprint density at radius 3 is 2.44 bits per heavy atom. The van der Waals surface area contributed by atoms with Crippen LogP contribution in [0.1, 0.15) is 12.5 Å². The van der Waals surface area contributed by atoms with E-state index in [2.05, 4.69) is 10.6 Å². The van der Waals surface area contributed by atoms with Crippen LogP contribution >= 0.6 is 23.2 Å². The van der Waals surface area contributed by atoms with Crippen LogP contribution in [-0.4, -0.2) is 31.1 Å². The van der Waals surface area contributed by atoms with Crippen molar-refractivity contribution in [2.45, 2.75) is 19.4 Å². The van der Waals surface area contributed by atoms with Gasteiger partial charge in [0.2, 0.25) is 5.91 Å². The Bertz CT molecular complexity index is 794. The Balaban J connectivity index is 2.03. The van der Waals surface area contributed by atoms with Gasteiger partial charge in [0.15, 0.2) is 0 Å². The van der Waals surface area contributed by atoms with Gasteiger partial charge < -0.3 is 21.1 Å². The molecule has 0 heterocycles. The molecule has 4 N–H and O–H groups in total. The number of esters is 1. The zero-order valence-electron chi connectivity index (χ0n) is 14.8. The topological polar surface area (TPSA) is 93.5 Å². The zero-order valence-corrected chi connectivity index (χ0v) is 16.3. The summed E-state index contributed by atoms with van der Waals surface area (Å²) in [5.41, 5.74) is 7.22. The van der Waals surface area contributed by atoms with Gasteiger partial charge in [-0.05, 0) is 30.7 Å². The van der Waals surface area contributed by atoms with E-state index in [1.54, 1.807) is 25.1 Å². The second-order valence-electron chi connectivity index (χ2n) is 5.86. The molecular formula is C19H21Cl2N3O3. The van der Waals surface area contributed by atoms with Gasteiger partial charge in [-0.25, -0.2) is 0 Å². The largest absolute Gasteiger partial charge is 0.461 e. The molecule has 144 valence electrons. The molecule has 2 rings (SSSR count). The van der Waals surface area contributed by atoms with E-state index in [1.165, 1.54) is 0 Å². The second-order valence-corrected chi connectivity index (χ2v) is 6.68. The molecule has 0 saturated heterocycles. The molecule has 0 aliphatic carbocycles. The van der Waals surface area contributed by atoms with E-state index < -0.39 is 12.1 Å². The van der Waals surface area contributed by atoms with Gasteiger partial charge in [-0.3, -0.25) is 9.59 Å². The van der Waals surface area contributed by atoms with Crippen molar-refractivity contribution in [1.29, 1.82) is 0 Å². The Morgan fingerprint density at radius 2 is 1.78 bits per heavy atom. The molecule has 1 amide bonds. The lowest BCUT2D eigenvalue weighted by molar-refractivity contribution is -0.147. The highest BCUT2D eigenvalue weighted by molar-refractivity contribution is 6.39. The van der Waals surface area contributed by atoms with E-state index in [1.807, 2.05) is 24.3 Å². The van der Waals surface area contributed by atoms with Gasteiger partial charge in [0.1, 0.15) is 6.10 Å². The maximum Gasteiger partial charge on any atom is 0.310 e. The lowest BCUT2D eigenvalue weighted by Gasteiger charge is -2.16. The first-order chi connectivity index (χ1) is 12.9. The van der Waals surface area contributed by atoms with Gasteiger partial charge in [-0.15, -0.1) is 0 Å². The molecule has 1 unspecified atom stereocenters. The molecule has 0 aliphatic heterocycles. The molecule has 2 aromatic rings. The number of hydrogen-bond donors (Lipinski definition) is 3. The number of ether oxygens (including phenoxy) is 1. The number of rotatable bonds is 8. The molecule has 27 heavy (non-hydrogen) atoms. The summed E-state index contributed by atoms with van der Waals surface area (Å²) in [6, 6.07) is 12.5. The third-order valence-corrected chi connectivity index (χ3v) is 4.31. The molecular weight excluding hydrogens is 389 g/mol. The predicted octanol–water partition coefficient (Wildman–Crippen LogP) is 3.29. The number of benzene rings is 2. The van der Waals surface area contributed by atoms with E-state index in [-0.39, 0.29) is 25.4 Å². The van der Waals surface area contributed by atoms with Crippen molar-refractivity contribution in [3.63, 3.8) is 0 Å². The fourth-order valence-electron chi connectivity index (χ4n) is 2.34. The number of amides is 1. The van der Waals surface area contributed by atoms with Crippen LogP contribution < -0.4 is 16.4 Å². The van der Waals surface area contributed by atoms with E-state index in [0.29, 0.717) is 21.4 Å². The molecule has 0 aromatic heterocycles. The summed E-state index contributed by atoms with van der Waals surface area (Å²) in [5, 5.41) is 6.70. The Labute approximate surface area is 168 Å². The lowest BCUT2D eigenvalue weighted by Crippen LogP contribution is -2.37. The summed E-state index contributed by atoms with van der Waals surface area (Å²) in [7, 11) is 0. The minimum Gasteiger partial charge on any atom is -0.461 e. The summed E-state index contributed by atoms with van der Waals surface area (Å²) >= 11 is 12.4. The predicted molar refractivity (Wildman–Crippen MR) is 108 cm³/mol. The molecule has 0 saturated carbocycles. The third kappa shape index (κ3) is 6.43. The van der Waals surface area contributed by atoms with Gasteiger partial charge in [-0.2, -0.15) is 0 Å². The van der Waals surface area contributed by atoms with Crippen LogP contribution in [0.15, 0.2) is 42.5 Å². The summed E-state index contributed by atoms with van der Waals surface area (Å²) < 4.78 is 5.33. The summed E-state index contributed by atoms with van der Waals surface area (Å²) in [4.78, 5) is 23.4. The van der Waals surface area contributed by atoms with Crippen LogP contribution in [0.25, 0.3) is 0 Å². The molecule has 0 radical (unpaired) electrons.